The maximum Gasteiger partial charge on any atom is 0.416 e. The molecule has 7 nitrogen and oxygen atoms in total. The molecule has 4 rings (SSSR count). The predicted octanol–water partition coefficient (Wildman–Crippen LogP) is 4.09. The van der Waals surface area contributed by atoms with Crippen LogP contribution >= 0.6 is 0 Å². The highest BCUT2D eigenvalue weighted by Gasteiger charge is 2.35. The molecule has 1 saturated heterocycles. The highest BCUT2D eigenvalue weighted by atomic mass is 32.2. The average molecular weight is 510 g/mol. The second-order valence-electron chi connectivity index (χ2n) is 9.50. The Labute approximate surface area is 200 Å². The average Bonchev–Trinajstić information content (AvgIpc) is 3.06. The zero-order valence-electron chi connectivity index (χ0n) is 19.5. The molecular formula is C24H26F3N3O4S. The number of alkyl halides is 3. The lowest BCUT2D eigenvalue weighted by Crippen LogP contribution is -2.50. The molecule has 1 aromatic heterocycles. The van der Waals surface area contributed by atoms with Crippen LogP contribution in [-0.4, -0.2) is 40.5 Å². The smallest absolute Gasteiger partial charge is 0.347 e. The van der Waals surface area contributed by atoms with Gasteiger partial charge in [0.05, 0.1) is 33.8 Å². The lowest BCUT2D eigenvalue weighted by atomic mass is 9.94. The minimum absolute atomic E-state index is 0.00442. The molecular weight excluding hydrogens is 483 g/mol. The van der Waals surface area contributed by atoms with E-state index in [9.17, 15) is 31.2 Å². The van der Waals surface area contributed by atoms with E-state index in [0.717, 1.165) is 12.1 Å². The van der Waals surface area contributed by atoms with Gasteiger partial charge in [-0.25, -0.2) is 13.2 Å². The minimum Gasteiger partial charge on any atom is -0.347 e. The van der Waals surface area contributed by atoms with Crippen molar-refractivity contribution in [3.63, 3.8) is 0 Å². The van der Waals surface area contributed by atoms with E-state index in [1.165, 1.54) is 27.3 Å². The van der Waals surface area contributed by atoms with Crippen molar-refractivity contribution in [3.8, 4) is 5.69 Å². The molecule has 1 N–H and O–H groups in total. The summed E-state index contributed by atoms with van der Waals surface area (Å²) in [5.41, 5.74) is -0.951. The topological polar surface area (TPSA) is 90.2 Å². The van der Waals surface area contributed by atoms with E-state index < -0.39 is 38.7 Å². The minimum atomic E-state index is -4.56. The van der Waals surface area contributed by atoms with Gasteiger partial charge in [-0.1, -0.05) is 6.07 Å². The fourth-order valence-electron chi connectivity index (χ4n) is 4.39. The first-order chi connectivity index (χ1) is 16.2. The molecule has 188 valence electrons. The number of benzene rings is 2. The van der Waals surface area contributed by atoms with Crippen molar-refractivity contribution < 1.29 is 26.4 Å². The summed E-state index contributed by atoms with van der Waals surface area (Å²) in [6.07, 6.45) is -3.96. The van der Waals surface area contributed by atoms with Crippen LogP contribution in [0.5, 0.6) is 0 Å². The summed E-state index contributed by atoms with van der Waals surface area (Å²) in [6.45, 7) is 5.34. The third-order valence-electron chi connectivity index (χ3n) is 6.43. The van der Waals surface area contributed by atoms with Crippen molar-refractivity contribution in [1.82, 2.24) is 14.5 Å². The van der Waals surface area contributed by atoms with E-state index in [1.54, 1.807) is 32.9 Å². The van der Waals surface area contributed by atoms with Gasteiger partial charge in [0.1, 0.15) is 9.84 Å². The Kier molecular flexibility index (Phi) is 6.11. The van der Waals surface area contributed by atoms with Crippen LogP contribution in [0.1, 0.15) is 55.6 Å². The number of nitrogens with one attached hydrogen (secondary N) is 1. The molecule has 2 heterocycles. The van der Waals surface area contributed by atoms with Crippen LogP contribution in [0.4, 0.5) is 13.2 Å². The molecule has 2 aromatic carbocycles. The normalized spacial score (nSPS) is 17.6. The number of rotatable bonds is 4. The molecule has 1 aliphatic heterocycles. The van der Waals surface area contributed by atoms with Gasteiger partial charge in [-0.2, -0.15) is 13.2 Å². The zero-order valence-corrected chi connectivity index (χ0v) is 20.3. The van der Waals surface area contributed by atoms with Crippen molar-refractivity contribution in [2.45, 2.75) is 51.4 Å². The molecule has 0 aliphatic carbocycles. The van der Waals surface area contributed by atoms with Crippen LogP contribution in [0.15, 0.2) is 47.3 Å². The monoisotopic (exact) mass is 509 g/mol. The van der Waals surface area contributed by atoms with Crippen molar-refractivity contribution in [3.05, 3.63) is 64.1 Å². The van der Waals surface area contributed by atoms with Crippen LogP contribution in [0.2, 0.25) is 0 Å². The number of sulfone groups is 1. The number of carbonyl (C=O) groups is 1. The largest absolute Gasteiger partial charge is 0.416 e. The Balaban J connectivity index is 1.77. The highest BCUT2D eigenvalue weighted by Crippen LogP contribution is 2.31. The first kappa shape index (κ1) is 25.0. The van der Waals surface area contributed by atoms with Gasteiger partial charge in [0.25, 0.3) is 5.91 Å². The molecule has 35 heavy (non-hydrogen) atoms. The molecule has 0 bridgehead atoms. The van der Waals surface area contributed by atoms with Crippen molar-refractivity contribution >= 4 is 26.8 Å². The number of amides is 1. The SMILES string of the molecule is CC(C)n1c(=O)n(-c2cccc(C(F)(F)F)c2)c2ccc(C(=O)NC3(C)CCS(=O)(=O)CC3)cc21. The van der Waals surface area contributed by atoms with E-state index in [1.807, 2.05) is 0 Å². The summed E-state index contributed by atoms with van der Waals surface area (Å²) in [5, 5.41) is 2.92. The quantitative estimate of drug-likeness (QED) is 0.574. The molecule has 1 aliphatic rings. The van der Waals surface area contributed by atoms with Gasteiger partial charge in [-0.15, -0.1) is 0 Å². The first-order valence-electron chi connectivity index (χ1n) is 11.2. The highest BCUT2D eigenvalue weighted by molar-refractivity contribution is 7.91. The summed E-state index contributed by atoms with van der Waals surface area (Å²) in [4.78, 5) is 26.3. The number of hydrogen-bond donors (Lipinski definition) is 1. The second kappa shape index (κ2) is 8.54. The van der Waals surface area contributed by atoms with E-state index in [2.05, 4.69) is 5.32 Å². The third kappa shape index (κ3) is 4.86. The number of halogens is 3. The molecule has 0 atom stereocenters. The Morgan fingerprint density at radius 3 is 2.31 bits per heavy atom. The molecule has 1 amide bonds. The maximum atomic E-state index is 13.3. The number of fused-ring (bicyclic) bond motifs is 1. The fourth-order valence-corrected chi connectivity index (χ4v) is 6.12. The summed E-state index contributed by atoms with van der Waals surface area (Å²) in [6, 6.07) is 8.80. The lowest BCUT2D eigenvalue weighted by Gasteiger charge is -2.34. The summed E-state index contributed by atoms with van der Waals surface area (Å²) < 4.78 is 66.0. The lowest BCUT2D eigenvalue weighted by molar-refractivity contribution is -0.137. The summed E-state index contributed by atoms with van der Waals surface area (Å²) >= 11 is 0. The van der Waals surface area contributed by atoms with Crippen LogP contribution in [0, 0.1) is 0 Å². The van der Waals surface area contributed by atoms with E-state index in [4.69, 9.17) is 0 Å². The molecule has 0 radical (unpaired) electrons. The summed E-state index contributed by atoms with van der Waals surface area (Å²) in [5.74, 6) is -0.422. The van der Waals surface area contributed by atoms with Crippen LogP contribution < -0.4 is 11.0 Å². The van der Waals surface area contributed by atoms with Gasteiger partial charge in [0.15, 0.2) is 0 Å². The summed E-state index contributed by atoms with van der Waals surface area (Å²) in [7, 11) is -3.10. The van der Waals surface area contributed by atoms with Crippen LogP contribution in [-0.2, 0) is 16.0 Å². The number of carbonyl (C=O) groups excluding carboxylic acids is 1. The van der Waals surface area contributed by atoms with E-state index in [0.29, 0.717) is 23.9 Å². The van der Waals surface area contributed by atoms with Gasteiger partial charge in [0.2, 0.25) is 0 Å². The fraction of sp³-hybridized carbons (Fsp3) is 0.417. The molecule has 3 aromatic rings. The van der Waals surface area contributed by atoms with E-state index >= 15 is 0 Å². The maximum absolute atomic E-state index is 13.3. The Hall–Kier alpha value is -3.08. The molecule has 11 heteroatoms. The van der Waals surface area contributed by atoms with Gasteiger partial charge < -0.3 is 5.32 Å². The standard InChI is InChI=1S/C24H26F3N3O4S/c1-15(2)29-20-13-16(21(31)28-23(3)9-11-35(33,34)12-10-23)7-8-19(20)30(22(29)32)18-6-4-5-17(14-18)24(25,26)27/h4-8,13-15H,9-12H2,1-3H3,(H,28,31). The second-order valence-corrected chi connectivity index (χ2v) is 11.8. The van der Waals surface area contributed by atoms with Gasteiger partial charge in [-0.05, 0) is 70.0 Å². The Morgan fingerprint density at radius 2 is 1.71 bits per heavy atom. The van der Waals surface area contributed by atoms with Crippen molar-refractivity contribution in [2.24, 2.45) is 0 Å². The number of aromatic nitrogens is 2. The zero-order chi connectivity index (χ0) is 25.8. The third-order valence-corrected chi connectivity index (χ3v) is 8.08. The predicted molar refractivity (Wildman–Crippen MR) is 127 cm³/mol. The van der Waals surface area contributed by atoms with Crippen molar-refractivity contribution in [2.75, 3.05) is 11.5 Å². The van der Waals surface area contributed by atoms with Gasteiger partial charge in [-0.3, -0.25) is 13.9 Å². The molecule has 0 unspecified atom stereocenters. The molecule has 1 fully saturated rings. The number of nitrogens with zero attached hydrogens (tertiary/aromatic N) is 2. The van der Waals surface area contributed by atoms with Gasteiger partial charge in [0, 0.05) is 17.1 Å². The molecule has 0 spiro atoms. The van der Waals surface area contributed by atoms with Crippen LogP contribution in [0.25, 0.3) is 16.7 Å². The van der Waals surface area contributed by atoms with Crippen molar-refractivity contribution in [1.29, 1.82) is 0 Å². The number of imidazole rings is 1. The molecule has 0 saturated carbocycles. The Morgan fingerprint density at radius 1 is 1.06 bits per heavy atom. The van der Waals surface area contributed by atoms with Gasteiger partial charge >= 0.3 is 11.9 Å². The Bertz CT molecular complexity index is 1460. The van der Waals surface area contributed by atoms with Crippen LogP contribution in [0.3, 0.4) is 0 Å². The van der Waals surface area contributed by atoms with E-state index in [-0.39, 0.29) is 28.8 Å². The number of hydrogen-bond acceptors (Lipinski definition) is 4. The first-order valence-corrected chi connectivity index (χ1v) is 13.0.